The van der Waals surface area contributed by atoms with Crippen LogP contribution in [0.1, 0.15) is 0 Å². The normalized spacial score (nSPS) is 10.8. The number of aromatic nitrogens is 2. The van der Waals surface area contributed by atoms with E-state index < -0.39 is 0 Å². The summed E-state index contributed by atoms with van der Waals surface area (Å²) in [6.45, 7) is 0. The lowest BCUT2D eigenvalue weighted by molar-refractivity contribution is 1.10. The highest BCUT2D eigenvalue weighted by Gasteiger charge is 2.07. The zero-order chi connectivity index (χ0) is 11.0. The Morgan fingerprint density at radius 1 is 0.938 bits per heavy atom. The van der Waals surface area contributed by atoms with Crippen LogP contribution in [-0.4, -0.2) is 10.2 Å². The number of nitrogen functional groups attached to an aromatic ring is 1. The minimum absolute atomic E-state index is 0.503. The molecule has 0 spiro atoms. The van der Waals surface area contributed by atoms with Crippen molar-refractivity contribution >= 4 is 27.2 Å². The fourth-order valence-corrected chi connectivity index (χ4v) is 2.40. The van der Waals surface area contributed by atoms with Crippen LogP contribution in [0.25, 0.3) is 21.3 Å². The smallest absolute Gasteiger partial charge is 0.203 e. The zero-order valence-electron chi connectivity index (χ0n) is 8.42. The van der Waals surface area contributed by atoms with Crippen LogP contribution in [0.4, 0.5) is 5.13 Å². The summed E-state index contributed by atoms with van der Waals surface area (Å²) in [4.78, 5) is 0. The van der Waals surface area contributed by atoms with Crippen LogP contribution in [0.15, 0.2) is 42.5 Å². The molecule has 0 amide bonds. The first-order chi connectivity index (χ1) is 7.84. The van der Waals surface area contributed by atoms with E-state index in [2.05, 4.69) is 28.4 Å². The SMILES string of the molecule is Nc1nnc(-c2cccc3ccccc23)s1. The van der Waals surface area contributed by atoms with E-state index in [1.54, 1.807) is 0 Å². The van der Waals surface area contributed by atoms with Gasteiger partial charge in [0.15, 0.2) is 0 Å². The summed E-state index contributed by atoms with van der Waals surface area (Å²) in [6.07, 6.45) is 0. The Labute approximate surface area is 96.6 Å². The van der Waals surface area contributed by atoms with Crippen molar-refractivity contribution in [3.63, 3.8) is 0 Å². The molecule has 78 valence electrons. The van der Waals surface area contributed by atoms with Gasteiger partial charge in [0.2, 0.25) is 5.13 Å². The summed E-state index contributed by atoms with van der Waals surface area (Å²) in [6, 6.07) is 14.4. The molecule has 0 saturated carbocycles. The van der Waals surface area contributed by atoms with Crippen LogP contribution in [0.3, 0.4) is 0 Å². The number of fused-ring (bicyclic) bond motifs is 1. The summed E-state index contributed by atoms with van der Waals surface area (Å²) in [5, 5.41) is 11.7. The third kappa shape index (κ3) is 1.44. The molecule has 0 aliphatic heterocycles. The van der Waals surface area contributed by atoms with Gasteiger partial charge in [-0.1, -0.05) is 53.8 Å². The van der Waals surface area contributed by atoms with Gasteiger partial charge in [-0.25, -0.2) is 0 Å². The number of hydrogen-bond donors (Lipinski definition) is 1. The van der Waals surface area contributed by atoms with Gasteiger partial charge in [0, 0.05) is 5.56 Å². The Hall–Kier alpha value is -1.94. The standard InChI is InChI=1S/C12H9N3S/c13-12-15-14-11(16-12)10-7-3-5-8-4-1-2-6-9(8)10/h1-7H,(H2,13,15). The summed E-state index contributed by atoms with van der Waals surface area (Å²) in [5.41, 5.74) is 6.70. The third-order valence-electron chi connectivity index (χ3n) is 2.46. The highest BCUT2D eigenvalue weighted by Crippen LogP contribution is 2.30. The summed E-state index contributed by atoms with van der Waals surface area (Å²) < 4.78 is 0. The molecule has 0 radical (unpaired) electrons. The average Bonchev–Trinajstić information content (AvgIpc) is 2.75. The van der Waals surface area contributed by atoms with Crippen molar-refractivity contribution in [1.82, 2.24) is 10.2 Å². The summed E-state index contributed by atoms with van der Waals surface area (Å²) >= 11 is 1.41. The Kier molecular flexibility index (Phi) is 2.08. The van der Waals surface area contributed by atoms with Crippen molar-refractivity contribution in [1.29, 1.82) is 0 Å². The van der Waals surface area contributed by atoms with Crippen LogP contribution in [0.5, 0.6) is 0 Å². The van der Waals surface area contributed by atoms with E-state index in [0.717, 1.165) is 10.6 Å². The fraction of sp³-hybridized carbons (Fsp3) is 0. The molecule has 3 rings (SSSR count). The number of hydrogen-bond acceptors (Lipinski definition) is 4. The van der Waals surface area contributed by atoms with E-state index in [0.29, 0.717) is 5.13 Å². The zero-order valence-corrected chi connectivity index (χ0v) is 9.24. The molecule has 2 N–H and O–H groups in total. The highest BCUT2D eigenvalue weighted by molar-refractivity contribution is 7.18. The maximum absolute atomic E-state index is 5.60. The Bertz CT molecular complexity index is 640. The summed E-state index contributed by atoms with van der Waals surface area (Å²) in [5.74, 6) is 0. The van der Waals surface area contributed by atoms with Crippen molar-refractivity contribution in [3.05, 3.63) is 42.5 Å². The number of anilines is 1. The van der Waals surface area contributed by atoms with Gasteiger partial charge in [0.25, 0.3) is 0 Å². The van der Waals surface area contributed by atoms with Crippen LogP contribution in [-0.2, 0) is 0 Å². The quantitative estimate of drug-likeness (QED) is 0.695. The van der Waals surface area contributed by atoms with Gasteiger partial charge in [-0.15, -0.1) is 10.2 Å². The molecule has 3 nitrogen and oxygen atoms in total. The Morgan fingerprint density at radius 3 is 2.56 bits per heavy atom. The first-order valence-electron chi connectivity index (χ1n) is 4.92. The number of benzene rings is 2. The molecular formula is C12H9N3S. The van der Waals surface area contributed by atoms with Crippen LogP contribution in [0, 0.1) is 0 Å². The van der Waals surface area contributed by atoms with E-state index in [1.807, 2.05) is 24.3 Å². The molecule has 2 aromatic carbocycles. The lowest BCUT2D eigenvalue weighted by Crippen LogP contribution is -1.81. The predicted octanol–water partition coefficient (Wildman–Crippen LogP) is 2.94. The van der Waals surface area contributed by atoms with E-state index >= 15 is 0 Å². The average molecular weight is 227 g/mol. The molecule has 0 aliphatic rings. The van der Waals surface area contributed by atoms with E-state index in [9.17, 15) is 0 Å². The van der Waals surface area contributed by atoms with Crippen molar-refractivity contribution in [2.24, 2.45) is 0 Å². The van der Waals surface area contributed by atoms with Gasteiger partial charge in [-0.2, -0.15) is 0 Å². The van der Waals surface area contributed by atoms with Crippen molar-refractivity contribution in [3.8, 4) is 10.6 Å². The van der Waals surface area contributed by atoms with Gasteiger partial charge in [0.1, 0.15) is 5.01 Å². The third-order valence-corrected chi connectivity index (χ3v) is 3.25. The number of nitrogens with two attached hydrogens (primary N) is 1. The van der Waals surface area contributed by atoms with Crippen molar-refractivity contribution < 1.29 is 0 Å². The van der Waals surface area contributed by atoms with Gasteiger partial charge < -0.3 is 5.73 Å². The molecule has 3 aromatic rings. The highest BCUT2D eigenvalue weighted by atomic mass is 32.1. The van der Waals surface area contributed by atoms with Crippen molar-refractivity contribution in [2.75, 3.05) is 5.73 Å². The molecule has 0 saturated heterocycles. The van der Waals surface area contributed by atoms with E-state index in [4.69, 9.17) is 5.73 Å². The number of rotatable bonds is 1. The second-order valence-electron chi connectivity index (χ2n) is 3.47. The fourth-order valence-electron chi connectivity index (χ4n) is 1.76. The van der Waals surface area contributed by atoms with Gasteiger partial charge >= 0.3 is 0 Å². The first kappa shape index (κ1) is 9.30. The topological polar surface area (TPSA) is 51.8 Å². The number of nitrogens with zero attached hydrogens (tertiary/aromatic N) is 2. The monoisotopic (exact) mass is 227 g/mol. The van der Waals surface area contributed by atoms with E-state index in [-0.39, 0.29) is 0 Å². The molecule has 0 bridgehead atoms. The van der Waals surface area contributed by atoms with Gasteiger partial charge in [-0.3, -0.25) is 0 Å². The molecular weight excluding hydrogens is 218 g/mol. The maximum Gasteiger partial charge on any atom is 0.203 e. The lowest BCUT2D eigenvalue weighted by atomic mass is 10.1. The first-order valence-corrected chi connectivity index (χ1v) is 5.73. The van der Waals surface area contributed by atoms with Gasteiger partial charge in [0.05, 0.1) is 0 Å². The summed E-state index contributed by atoms with van der Waals surface area (Å²) in [7, 11) is 0. The molecule has 1 heterocycles. The van der Waals surface area contributed by atoms with Crippen LogP contribution >= 0.6 is 11.3 Å². The second kappa shape index (κ2) is 3.57. The minimum Gasteiger partial charge on any atom is -0.374 e. The molecule has 16 heavy (non-hydrogen) atoms. The molecule has 1 aromatic heterocycles. The van der Waals surface area contributed by atoms with E-state index in [1.165, 1.54) is 22.1 Å². The molecule has 0 fully saturated rings. The van der Waals surface area contributed by atoms with Gasteiger partial charge in [-0.05, 0) is 10.8 Å². The Balaban J connectivity index is 2.31. The largest absolute Gasteiger partial charge is 0.374 e. The molecule has 4 heteroatoms. The predicted molar refractivity (Wildman–Crippen MR) is 67.3 cm³/mol. The maximum atomic E-state index is 5.60. The van der Waals surface area contributed by atoms with Crippen LogP contribution < -0.4 is 5.73 Å². The molecule has 0 atom stereocenters. The Morgan fingerprint density at radius 2 is 1.75 bits per heavy atom. The van der Waals surface area contributed by atoms with Crippen molar-refractivity contribution in [2.45, 2.75) is 0 Å². The van der Waals surface area contributed by atoms with Crippen LogP contribution in [0.2, 0.25) is 0 Å². The molecule has 0 aliphatic carbocycles. The minimum atomic E-state index is 0.503. The molecule has 0 unspecified atom stereocenters. The lowest BCUT2D eigenvalue weighted by Gasteiger charge is -2.01. The second-order valence-corrected chi connectivity index (χ2v) is 4.48.